The molecular formula is C9H14N2O3. The Kier molecular flexibility index (Phi) is 6.02. The highest BCUT2D eigenvalue weighted by molar-refractivity contribution is 5.84. The molecule has 78 valence electrons. The van der Waals surface area contributed by atoms with Gasteiger partial charge in [0.05, 0.1) is 0 Å². The van der Waals surface area contributed by atoms with Crippen molar-refractivity contribution < 1.29 is 14.3 Å². The molecule has 0 fully saturated rings. The van der Waals surface area contributed by atoms with Gasteiger partial charge in [0.15, 0.2) is 6.23 Å². The van der Waals surface area contributed by atoms with Crippen LogP contribution < -0.4 is 5.32 Å². The summed E-state index contributed by atoms with van der Waals surface area (Å²) in [7, 11) is 0. The van der Waals surface area contributed by atoms with Gasteiger partial charge in [0.2, 0.25) is 0 Å². The Morgan fingerprint density at radius 3 is 2.71 bits per heavy atom. The van der Waals surface area contributed by atoms with Gasteiger partial charge in [-0.25, -0.2) is 14.6 Å². The van der Waals surface area contributed by atoms with E-state index >= 15 is 0 Å². The van der Waals surface area contributed by atoms with Gasteiger partial charge in [-0.15, -0.1) is 0 Å². The fourth-order valence-electron chi connectivity index (χ4n) is 0.695. The van der Waals surface area contributed by atoms with Gasteiger partial charge in [-0.05, 0) is 6.92 Å². The van der Waals surface area contributed by atoms with Gasteiger partial charge in [0.25, 0.3) is 0 Å². The molecule has 5 nitrogen and oxygen atoms in total. The lowest BCUT2D eigenvalue weighted by Gasteiger charge is -2.14. The predicted molar refractivity (Wildman–Crippen MR) is 53.1 cm³/mol. The fourth-order valence-corrected chi connectivity index (χ4v) is 0.695. The lowest BCUT2D eigenvalue weighted by atomic mass is 10.4. The Bertz CT molecular complexity index is 248. The van der Waals surface area contributed by atoms with Crippen LogP contribution in [0.2, 0.25) is 0 Å². The zero-order valence-electron chi connectivity index (χ0n) is 8.32. The summed E-state index contributed by atoms with van der Waals surface area (Å²) in [6.07, 6.45) is 2.22. The van der Waals surface area contributed by atoms with E-state index < -0.39 is 18.2 Å². The maximum absolute atomic E-state index is 11.0. The molecule has 1 atom stereocenters. The van der Waals surface area contributed by atoms with E-state index in [0.717, 1.165) is 6.08 Å². The number of hydrogen-bond acceptors (Lipinski definition) is 3. The number of carbonyl (C=O) groups excluding carboxylic acids is 2. The molecule has 0 aromatic carbocycles. The molecular weight excluding hydrogens is 184 g/mol. The second kappa shape index (κ2) is 6.82. The van der Waals surface area contributed by atoms with Crippen molar-refractivity contribution in [2.75, 3.05) is 0 Å². The molecule has 0 aliphatic heterocycles. The summed E-state index contributed by atoms with van der Waals surface area (Å²) in [5.41, 5.74) is 0. The molecule has 2 amide bonds. The first-order valence-corrected chi connectivity index (χ1v) is 4.26. The topological polar surface area (TPSA) is 67.8 Å². The maximum Gasteiger partial charge on any atom is 0.343 e. The van der Waals surface area contributed by atoms with Crippen molar-refractivity contribution in [3.05, 3.63) is 12.7 Å². The number of rotatable bonds is 4. The van der Waals surface area contributed by atoms with Gasteiger partial charge in [0.1, 0.15) is 0 Å². The highest BCUT2D eigenvalue weighted by atomic mass is 16.6. The van der Waals surface area contributed by atoms with Crippen LogP contribution in [0.1, 0.15) is 20.3 Å². The average Bonchev–Trinajstić information content (AvgIpc) is 2.16. The third-order valence-corrected chi connectivity index (χ3v) is 1.33. The van der Waals surface area contributed by atoms with Crippen LogP contribution in [0, 0.1) is 0 Å². The summed E-state index contributed by atoms with van der Waals surface area (Å²) < 4.78 is 4.80. The summed E-state index contributed by atoms with van der Waals surface area (Å²) in [4.78, 5) is 25.2. The molecule has 14 heavy (non-hydrogen) atoms. The van der Waals surface area contributed by atoms with Crippen molar-refractivity contribution in [3.63, 3.8) is 0 Å². The molecule has 5 heteroatoms. The average molecular weight is 198 g/mol. The SMILES string of the molecule is C=CC(=O)OC(CC)NC(=O)N=CC. The highest BCUT2D eigenvalue weighted by Gasteiger charge is 2.11. The summed E-state index contributed by atoms with van der Waals surface area (Å²) in [6, 6.07) is -0.531. The molecule has 0 bridgehead atoms. The van der Waals surface area contributed by atoms with Gasteiger partial charge in [-0.3, -0.25) is 0 Å². The van der Waals surface area contributed by atoms with E-state index in [-0.39, 0.29) is 0 Å². The van der Waals surface area contributed by atoms with Crippen LogP contribution in [0.15, 0.2) is 17.6 Å². The zero-order valence-corrected chi connectivity index (χ0v) is 8.32. The standard InChI is InChI=1S/C9H14N2O3/c1-4-7(14-8(12)5-2)11-9(13)10-6-3/h5-7H,2,4H2,1,3H3,(H,11,13). The lowest BCUT2D eigenvalue weighted by molar-refractivity contribution is -0.143. The maximum atomic E-state index is 11.0. The molecule has 0 heterocycles. The number of hydrogen-bond donors (Lipinski definition) is 1. The second-order valence-electron chi connectivity index (χ2n) is 2.37. The Balaban J connectivity index is 4.08. The molecule has 0 rings (SSSR count). The van der Waals surface area contributed by atoms with E-state index in [4.69, 9.17) is 4.74 Å². The molecule has 0 radical (unpaired) electrons. The minimum absolute atomic E-state index is 0.477. The van der Waals surface area contributed by atoms with E-state index in [1.807, 2.05) is 0 Å². The van der Waals surface area contributed by atoms with Crippen molar-refractivity contribution in [2.45, 2.75) is 26.5 Å². The Labute approximate surface area is 82.9 Å². The van der Waals surface area contributed by atoms with Crippen LogP contribution >= 0.6 is 0 Å². The quantitative estimate of drug-likeness (QED) is 0.320. The number of esters is 1. The Hall–Kier alpha value is -1.65. The van der Waals surface area contributed by atoms with Crippen LogP contribution in [0.25, 0.3) is 0 Å². The van der Waals surface area contributed by atoms with E-state index in [9.17, 15) is 9.59 Å². The van der Waals surface area contributed by atoms with Gasteiger partial charge in [0, 0.05) is 18.7 Å². The second-order valence-corrected chi connectivity index (χ2v) is 2.37. The number of amides is 2. The molecule has 0 saturated heterocycles. The zero-order chi connectivity index (χ0) is 11.0. The minimum atomic E-state index is -0.656. The van der Waals surface area contributed by atoms with Gasteiger partial charge in [-0.1, -0.05) is 13.5 Å². The third kappa shape index (κ3) is 5.08. The van der Waals surface area contributed by atoms with Crippen LogP contribution in [0.4, 0.5) is 4.79 Å². The number of urea groups is 1. The molecule has 0 aromatic rings. The molecule has 0 spiro atoms. The van der Waals surface area contributed by atoms with Gasteiger partial charge >= 0.3 is 12.0 Å². The third-order valence-electron chi connectivity index (χ3n) is 1.33. The summed E-state index contributed by atoms with van der Waals surface area (Å²) in [5, 5.41) is 2.41. The van der Waals surface area contributed by atoms with Crippen molar-refractivity contribution in [2.24, 2.45) is 4.99 Å². The summed E-state index contributed by atoms with van der Waals surface area (Å²) in [6.45, 7) is 6.64. The first-order chi connectivity index (χ1) is 6.63. The minimum Gasteiger partial charge on any atom is -0.439 e. The molecule has 0 aromatic heterocycles. The molecule has 0 saturated carbocycles. The van der Waals surface area contributed by atoms with Crippen molar-refractivity contribution >= 4 is 18.2 Å². The number of ether oxygens (including phenoxy) is 1. The van der Waals surface area contributed by atoms with Crippen LogP contribution in [-0.2, 0) is 9.53 Å². The van der Waals surface area contributed by atoms with E-state index in [1.165, 1.54) is 6.21 Å². The molecule has 0 aliphatic carbocycles. The van der Waals surface area contributed by atoms with E-state index in [1.54, 1.807) is 13.8 Å². The van der Waals surface area contributed by atoms with Crippen molar-refractivity contribution in [3.8, 4) is 0 Å². The monoisotopic (exact) mass is 198 g/mol. The smallest absolute Gasteiger partial charge is 0.343 e. The number of aliphatic imine (C=N–C) groups is 1. The van der Waals surface area contributed by atoms with Crippen LogP contribution in [-0.4, -0.2) is 24.4 Å². The number of carbonyl (C=O) groups is 2. The first kappa shape index (κ1) is 12.3. The van der Waals surface area contributed by atoms with Gasteiger partial charge in [-0.2, -0.15) is 0 Å². The van der Waals surface area contributed by atoms with E-state index in [2.05, 4.69) is 16.9 Å². The Morgan fingerprint density at radius 2 is 2.29 bits per heavy atom. The van der Waals surface area contributed by atoms with Crippen LogP contribution in [0.3, 0.4) is 0 Å². The van der Waals surface area contributed by atoms with Gasteiger partial charge < -0.3 is 10.1 Å². The lowest BCUT2D eigenvalue weighted by Crippen LogP contribution is -2.35. The fraction of sp³-hybridized carbons (Fsp3) is 0.444. The Morgan fingerprint density at radius 1 is 1.64 bits per heavy atom. The molecule has 1 N–H and O–H groups in total. The normalized spacial score (nSPS) is 12.1. The van der Waals surface area contributed by atoms with Crippen LogP contribution in [0.5, 0.6) is 0 Å². The first-order valence-electron chi connectivity index (χ1n) is 4.26. The van der Waals surface area contributed by atoms with Crippen molar-refractivity contribution in [1.82, 2.24) is 5.32 Å². The largest absolute Gasteiger partial charge is 0.439 e. The number of nitrogens with zero attached hydrogens (tertiary/aromatic N) is 1. The highest BCUT2D eigenvalue weighted by Crippen LogP contribution is 1.95. The molecule has 1 unspecified atom stereocenters. The summed E-state index contributed by atoms with van der Waals surface area (Å²) >= 11 is 0. The van der Waals surface area contributed by atoms with E-state index in [0.29, 0.717) is 6.42 Å². The molecule has 0 aliphatic rings. The summed E-state index contributed by atoms with van der Waals surface area (Å²) in [5.74, 6) is -0.572. The van der Waals surface area contributed by atoms with Crippen molar-refractivity contribution in [1.29, 1.82) is 0 Å². The predicted octanol–water partition coefficient (Wildman–Crippen LogP) is 1.25. The number of nitrogens with one attached hydrogen (secondary N) is 1.